The molecular formula is C14H26ClN3. The maximum absolute atomic E-state index is 5.83. The minimum atomic E-state index is 0.533. The number of nitrogens with one attached hydrogen (secondary N) is 1. The van der Waals surface area contributed by atoms with Crippen molar-refractivity contribution in [2.45, 2.75) is 39.0 Å². The Balaban J connectivity index is 3.93. The topological polar surface area (TPSA) is 36.8 Å². The van der Waals surface area contributed by atoms with Gasteiger partial charge in [0.25, 0.3) is 0 Å². The van der Waals surface area contributed by atoms with Gasteiger partial charge >= 0.3 is 0 Å². The quantitative estimate of drug-likeness (QED) is 0.572. The molecule has 0 radical (unpaired) electrons. The molecule has 0 aliphatic heterocycles. The predicted octanol–water partition coefficient (Wildman–Crippen LogP) is 3.64. The average Bonchev–Trinajstić information content (AvgIpc) is 2.37. The fourth-order valence-electron chi connectivity index (χ4n) is 1.80. The Morgan fingerprint density at radius 3 is 2.78 bits per heavy atom. The lowest BCUT2D eigenvalue weighted by Gasteiger charge is -2.14. The highest BCUT2D eigenvalue weighted by atomic mass is 35.5. The molecular weight excluding hydrogens is 246 g/mol. The van der Waals surface area contributed by atoms with Crippen LogP contribution in [-0.4, -0.2) is 33.1 Å². The number of aliphatic imine (C=N–C) groups is 2. The Labute approximate surface area is 116 Å². The van der Waals surface area contributed by atoms with E-state index in [1.165, 1.54) is 31.9 Å². The molecule has 0 rings (SSSR count). The van der Waals surface area contributed by atoms with Gasteiger partial charge in [0.1, 0.15) is 0 Å². The van der Waals surface area contributed by atoms with Crippen molar-refractivity contribution in [3.05, 3.63) is 11.2 Å². The minimum absolute atomic E-state index is 0.533. The maximum Gasteiger partial charge on any atom is 0.0766 e. The molecule has 0 fully saturated rings. The monoisotopic (exact) mass is 271 g/mol. The van der Waals surface area contributed by atoms with Crippen LogP contribution >= 0.6 is 11.6 Å². The van der Waals surface area contributed by atoms with Crippen molar-refractivity contribution in [2.24, 2.45) is 15.9 Å². The molecule has 1 N–H and O–H groups in total. The van der Waals surface area contributed by atoms with Gasteiger partial charge in [0.2, 0.25) is 0 Å². The number of allylic oxidation sites excluding steroid dienone is 1. The molecule has 104 valence electrons. The van der Waals surface area contributed by atoms with Crippen LogP contribution in [0.15, 0.2) is 21.2 Å². The van der Waals surface area contributed by atoms with Crippen LogP contribution in [0.5, 0.6) is 0 Å². The molecule has 0 amide bonds. The molecule has 1 atom stereocenters. The normalized spacial score (nSPS) is 14.1. The van der Waals surface area contributed by atoms with Gasteiger partial charge in [-0.3, -0.25) is 9.98 Å². The van der Waals surface area contributed by atoms with Gasteiger partial charge in [0.05, 0.1) is 5.03 Å². The molecule has 1 unspecified atom stereocenters. The Kier molecular flexibility index (Phi) is 12.3. The Hall–Kier alpha value is -0.670. The molecule has 18 heavy (non-hydrogen) atoms. The van der Waals surface area contributed by atoms with Crippen LogP contribution in [0, 0.1) is 5.92 Å². The lowest BCUT2D eigenvalue weighted by Crippen LogP contribution is -2.14. The van der Waals surface area contributed by atoms with Gasteiger partial charge in [0, 0.05) is 19.0 Å². The number of rotatable bonds is 11. The number of unbranched alkanes of at least 4 members (excludes halogenated alkanes) is 1. The van der Waals surface area contributed by atoms with Crippen LogP contribution in [0.25, 0.3) is 0 Å². The first-order valence-corrected chi connectivity index (χ1v) is 7.08. The van der Waals surface area contributed by atoms with Gasteiger partial charge in [-0.25, -0.2) is 0 Å². The van der Waals surface area contributed by atoms with Crippen molar-refractivity contribution >= 4 is 24.5 Å². The van der Waals surface area contributed by atoms with Gasteiger partial charge in [-0.2, -0.15) is 0 Å². The molecule has 0 aromatic carbocycles. The van der Waals surface area contributed by atoms with E-state index in [4.69, 9.17) is 11.6 Å². The van der Waals surface area contributed by atoms with E-state index in [9.17, 15) is 0 Å². The zero-order valence-corrected chi connectivity index (χ0v) is 12.4. The summed E-state index contributed by atoms with van der Waals surface area (Å²) in [7, 11) is 2.00. The van der Waals surface area contributed by atoms with Crippen LogP contribution in [0.4, 0.5) is 0 Å². The Bertz CT molecular complexity index is 254. The molecule has 0 bridgehead atoms. The van der Waals surface area contributed by atoms with E-state index in [2.05, 4.69) is 28.9 Å². The van der Waals surface area contributed by atoms with Crippen molar-refractivity contribution in [2.75, 3.05) is 20.1 Å². The molecule has 3 nitrogen and oxygen atoms in total. The van der Waals surface area contributed by atoms with Crippen LogP contribution in [0.1, 0.15) is 39.0 Å². The lowest BCUT2D eigenvalue weighted by molar-refractivity contribution is 0.407. The molecule has 0 aromatic heterocycles. The van der Waals surface area contributed by atoms with Crippen molar-refractivity contribution in [1.29, 1.82) is 0 Å². The van der Waals surface area contributed by atoms with Crippen molar-refractivity contribution < 1.29 is 0 Å². The van der Waals surface area contributed by atoms with Gasteiger partial charge in [0.15, 0.2) is 0 Å². The molecule has 0 saturated heterocycles. The summed E-state index contributed by atoms with van der Waals surface area (Å²) in [6.45, 7) is 7.50. The first-order chi connectivity index (χ1) is 8.74. The van der Waals surface area contributed by atoms with E-state index in [-0.39, 0.29) is 0 Å². The number of hydrogen-bond donors (Lipinski definition) is 1. The molecule has 4 heteroatoms. The molecule has 0 aromatic rings. The third-order valence-corrected chi connectivity index (χ3v) is 3.06. The third-order valence-electron chi connectivity index (χ3n) is 2.86. The summed E-state index contributed by atoms with van der Waals surface area (Å²) < 4.78 is 0. The van der Waals surface area contributed by atoms with E-state index in [1.54, 1.807) is 6.21 Å². The van der Waals surface area contributed by atoms with Crippen LogP contribution in [-0.2, 0) is 0 Å². The fourth-order valence-corrected chi connectivity index (χ4v) is 1.94. The molecule has 0 aliphatic carbocycles. The summed E-state index contributed by atoms with van der Waals surface area (Å²) in [6.07, 6.45) is 9.38. The van der Waals surface area contributed by atoms with Gasteiger partial charge in [-0.05, 0) is 39.1 Å². The second kappa shape index (κ2) is 12.8. The number of hydrogen-bond acceptors (Lipinski definition) is 3. The van der Waals surface area contributed by atoms with Crippen molar-refractivity contribution in [3.8, 4) is 0 Å². The SMILES string of the molecule is C=N/C=C(/Cl)C=NCCC(CCCC)CCNC. The molecule has 0 spiro atoms. The fraction of sp³-hybridized carbons (Fsp3) is 0.714. The standard InChI is InChI=1S/C14H26ClN3/c1-4-5-6-13(7-9-16-2)8-10-18-12-14(15)11-17-3/h11-13,16H,3-10H2,1-2H3/b14-11+,18-12?. The first kappa shape index (κ1) is 17.3. The van der Waals surface area contributed by atoms with E-state index >= 15 is 0 Å². The second-order valence-corrected chi connectivity index (χ2v) is 4.86. The highest BCUT2D eigenvalue weighted by Gasteiger charge is 2.06. The van der Waals surface area contributed by atoms with Crippen LogP contribution in [0.3, 0.4) is 0 Å². The van der Waals surface area contributed by atoms with Crippen molar-refractivity contribution in [1.82, 2.24) is 5.32 Å². The lowest BCUT2D eigenvalue weighted by atomic mass is 9.95. The van der Waals surface area contributed by atoms with E-state index in [1.807, 2.05) is 7.05 Å². The number of halogens is 1. The van der Waals surface area contributed by atoms with Crippen molar-refractivity contribution in [3.63, 3.8) is 0 Å². The molecule has 0 saturated carbocycles. The summed E-state index contributed by atoms with van der Waals surface area (Å²) in [5, 5.41) is 3.74. The largest absolute Gasteiger partial charge is 0.320 e. The minimum Gasteiger partial charge on any atom is -0.320 e. The highest BCUT2D eigenvalue weighted by Crippen LogP contribution is 2.16. The summed E-state index contributed by atoms with van der Waals surface area (Å²) >= 11 is 5.83. The summed E-state index contributed by atoms with van der Waals surface area (Å²) in [5.74, 6) is 0.759. The van der Waals surface area contributed by atoms with E-state index < -0.39 is 0 Å². The predicted molar refractivity (Wildman–Crippen MR) is 83.0 cm³/mol. The van der Waals surface area contributed by atoms with E-state index in [0.717, 1.165) is 25.4 Å². The average molecular weight is 272 g/mol. The smallest absolute Gasteiger partial charge is 0.0766 e. The summed E-state index contributed by atoms with van der Waals surface area (Å²) in [5.41, 5.74) is 0. The van der Waals surface area contributed by atoms with Gasteiger partial charge in [-0.1, -0.05) is 37.8 Å². The Morgan fingerprint density at radius 2 is 2.17 bits per heavy atom. The molecule has 0 heterocycles. The van der Waals surface area contributed by atoms with Gasteiger partial charge < -0.3 is 5.32 Å². The first-order valence-electron chi connectivity index (χ1n) is 6.70. The van der Waals surface area contributed by atoms with Crippen LogP contribution in [0.2, 0.25) is 0 Å². The third kappa shape index (κ3) is 10.5. The van der Waals surface area contributed by atoms with Crippen LogP contribution < -0.4 is 5.32 Å². The summed E-state index contributed by atoms with van der Waals surface area (Å²) in [4.78, 5) is 7.90. The summed E-state index contributed by atoms with van der Waals surface area (Å²) in [6, 6.07) is 0. The Morgan fingerprint density at radius 1 is 1.39 bits per heavy atom. The molecule has 0 aliphatic rings. The van der Waals surface area contributed by atoms with E-state index in [0.29, 0.717) is 5.03 Å². The maximum atomic E-state index is 5.83. The number of nitrogens with zero attached hydrogens (tertiary/aromatic N) is 2. The van der Waals surface area contributed by atoms with Gasteiger partial charge in [-0.15, -0.1) is 0 Å². The highest BCUT2D eigenvalue weighted by molar-refractivity contribution is 6.39. The zero-order chi connectivity index (χ0) is 13.6. The second-order valence-electron chi connectivity index (χ2n) is 4.42. The zero-order valence-electron chi connectivity index (χ0n) is 11.7.